The van der Waals surface area contributed by atoms with Crippen LogP contribution in [0.25, 0.3) is 0 Å². The smallest absolute Gasteiger partial charge is 0.149 e. The largest absolute Gasteiger partial charge is 0.396 e. The summed E-state index contributed by atoms with van der Waals surface area (Å²) in [5, 5.41) is 0. The van der Waals surface area contributed by atoms with Gasteiger partial charge in [0.2, 0.25) is 0 Å². The molecule has 0 amide bonds. The third kappa shape index (κ3) is 1.99. The van der Waals surface area contributed by atoms with Crippen molar-refractivity contribution < 1.29 is 4.74 Å². The molecule has 0 unspecified atom stereocenters. The van der Waals surface area contributed by atoms with E-state index in [4.69, 9.17) is 16.2 Å². The second-order valence-corrected chi connectivity index (χ2v) is 5.43. The summed E-state index contributed by atoms with van der Waals surface area (Å²) in [4.78, 5) is 6.70. The maximum absolute atomic E-state index is 5.78. The van der Waals surface area contributed by atoms with Crippen LogP contribution < -0.4 is 16.4 Å². The summed E-state index contributed by atoms with van der Waals surface area (Å²) >= 11 is 0. The van der Waals surface area contributed by atoms with E-state index in [1.54, 1.807) is 0 Å². The summed E-state index contributed by atoms with van der Waals surface area (Å²) in [5.74, 6) is 1.38. The van der Waals surface area contributed by atoms with Gasteiger partial charge in [0.05, 0.1) is 5.69 Å². The fourth-order valence-corrected chi connectivity index (χ4v) is 2.99. The molecule has 0 saturated carbocycles. The molecular formula is C13H20N4O. The molecule has 0 aromatic carbocycles. The van der Waals surface area contributed by atoms with Crippen molar-refractivity contribution in [2.45, 2.75) is 19.3 Å². The molecular weight excluding hydrogens is 228 g/mol. The fourth-order valence-electron chi connectivity index (χ4n) is 2.99. The van der Waals surface area contributed by atoms with Crippen molar-refractivity contribution in [3.63, 3.8) is 0 Å². The van der Waals surface area contributed by atoms with E-state index in [2.05, 4.69) is 9.88 Å². The molecule has 5 heteroatoms. The van der Waals surface area contributed by atoms with Gasteiger partial charge in [-0.2, -0.15) is 0 Å². The molecule has 98 valence electrons. The van der Waals surface area contributed by atoms with Gasteiger partial charge < -0.3 is 21.1 Å². The number of hydrogen-bond acceptors (Lipinski definition) is 5. The van der Waals surface area contributed by atoms with Gasteiger partial charge in [0.25, 0.3) is 0 Å². The molecule has 18 heavy (non-hydrogen) atoms. The monoisotopic (exact) mass is 248 g/mol. The molecule has 2 saturated heterocycles. The average molecular weight is 248 g/mol. The van der Waals surface area contributed by atoms with Gasteiger partial charge in [-0.05, 0) is 36.8 Å². The molecule has 2 fully saturated rings. The summed E-state index contributed by atoms with van der Waals surface area (Å²) in [6, 6.07) is 3.80. The first-order valence-electron chi connectivity index (χ1n) is 6.53. The van der Waals surface area contributed by atoms with E-state index in [0.29, 0.717) is 16.9 Å². The van der Waals surface area contributed by atoms with Gasteiger partial charge in [-0.3, -0.25) is 0 Å². The van der Waals surface area contributed by atoms with E-state index in [1.165, 1.54) is 6.42 Å². The first-order valence-corrected chi connectivity index (χ1v) is 6.53. The number of pyridine rings is 1. The molecule has 4 N–H and O–H groups in total. The summed E-state index contributed by atoms with van der Waals surface area (Å²) in [6.07, 6.45) is 3.55. The third-order valence-electron chi connectivity index (χ3n) is 4.26. The molecule has 0 bridgehead atoms. The predicted molar refractivity (Wildman–Crippen MR) is 72.4 cm³/mol. The first-order chi connectivity index (χ1) is 8.69. The first kappa shape index (κ1) is 11.6. The number of aromatic nitrogens is 1. The van der Waals surface area contributed by atoms with Crippen molar-refractivity contribution in [3.05, 3.63) is 12.1 Å². The van der Waals surface area contributed by atoms with Gasteiger partial charge in [0.1, 0.15) is 11.6 Å². The summed E-state index contributed by atoms with van der Waals surface area (Å²) in [6.45, 7) is 3.90. The molecule has 1 aromatic heterocycles. The molecule has 2 aliphatic rings. The molecule has 3 heterocycles. The Bertz CT molecular complexity index is 443. The highest BCUT2D eigenvalue weighted by Gasteiger charge is 2.39. The van der Waals surface area contributed by atoms with Crippen LogP contribution in [0.15, 0.2) is 12.1 Å². The average Bonchev–Trinajstić information content (AvgIpc) is 2.78. The van der Waals surface area contributed by atoms with Crippen molar-refractivity contribution in [1.29, 1.82) is 0 Å². The zero-order valence-electron chi connectivity index (χ0n) is 10.6. The van der Waals surface area contributed by atoms with Crippen LogP contribution in [-0.4, -0.2) is 31.3 Å². The lowest BCUT2D eigenvalue weighted by Gasteiger charge is -2.33. The number of anilines is 3. The Labute approximate surface area is 107 Å². The minimum atomic E-state index is 0.427. The Hall–Kier alpha value is -1.49. The topological polar surface area (TPSA) is 77.4 Å². The number of hydrogen-bond donors (Lipinski definition) is 2. The van der Waals surface area contributed by atoms with Crippen molar-refractivity contribution in [3.8, 4) is 0 Å². The van der Waals surface area contributed by atoms with Crippen LogP contribution in [0.3, 0.4) is 0 Å². The Morgan fingerprint density at radius 1 is 1.17 bits per heavy atom. The highest BCUT2D eigenvalue weighted by molar-refractivity contribution is 5.62. The van der Waals surface area contributed by atoms with Crippen molar-refractivity contribution in [1.82, 2.24) is 4.98 Å². The van der Waals surface area contributed by atoms with Crippen molar-refractivity contribution in [2.24, 2.45) is 5.41 Å². The zero-order valence-corrected chi connectivity index (χ0v) is 10.6. The van der Waals surface area contributed by atoms with Gasteiger partial charge in [0, 0.05) is 26.3 Å². The van der Waals surface area contributed by atoms with Crippen LogP contribution in [-0.2, 0) is 4.74 Å². The lowest BCUT2D eigenvalue weighted by atomic mass is 9.80. The number of nitrogen functional groups attached to an aromatic ring is 2. The second-order valence-electron chi connectivity index (χ2n) is 5.43. The molecule has 1 aromatic rings. The molecule has 3 rings (SSSR count). The molecule has 0 radical (unpaired) electrons. The maximum Gasteiger partial charge on any atom is 0.149 e. The van der Waals surface area contributed by atoms with Gasteiger partial charge in [-0.1, -0.05) is 0 Å². The van der Waals surface area contributed by atoms with Crippen LogP contribution in [0.1, 0.15) is 19.3 Å². The quantitative estimate of drug-likeness (QED) is 0.782. The number of nitrogens with zero attached hydrogens (tertiary/aromatic N) is 2. The van der Waals surface area contributed by atoms with Gasteiger partial charge >= 0.3 is 0 Å². The molecule has 0 atom stereocenters. The maximum atomic E-state index is 5.78. The standard InChI is InChI=1S/C13H20N4O/c14-10-1-2-11(16-12(10)15)17-6-3-13(9-17)4-7-18-8-5-13/h1-2H,3-9,14H2,(H2,15,16). The summed E-state index contributed by atoms with van der Waals surface area (Å²) < 4.78 is 5.46. The number of rotatable bonds is 1. The highest BCUT2D eigenvalue weighted by atomic mass is 16.5. The van der Waals surface area contributed by atoms with Gasteiger partial charge in [-0.25, -0.2) is 4.98 Å². The highest BCUT2D eigenvalue weighted by Crippen LogP contribution is 2.41. The lowest BCUT2D eigenvalue weighted by Crippen LogP contribution is -2.33. The molecule has 0 aliphatic carbocycles. The third-order valence-corrected chi connectivity index (χ3v) is 4.26. The van der Waals surface area contributed by atoms with Gasteiger partial charge in [-0.15, -0.1) is 0 Å². The van der Waals surface area contributed by atoms with E-state index in [1.807, 2.05) is 12.1 Å². The van der Waals surface area contributed by atoms with Gasteiger partial charge in [0.15, 0.2) is 0 Å². The molecule has 5 nitrogen and oxygen atoms in total. The zero-order chi connectivity index (χ0) is 12.6. The minimum Gasteiger partial charge on any atom is -0.396 e. The summed E-state index contributed by atoms with van der Waals surface area (Å²) in [5.41, 5.74) is 12.5. The van der Waals surface area contributed by atoms with E-state index >= 15 is 0 Å². The van der Waals surface area contributed by atoms with Crippen molar-refractivity contribution >= 4 is 17.3 Å². The Morgan fingerprint density at radius 2 is 1.94 bits per heavy atom. The van der Waals surface area contributed by atoms with Crippen LogP contribution in [0, 0.1) is 5.41 Å². The van der Waals surface area contributed by atoms with Crippen LogP contribution in [0.5, 0.6) is 0 Å². The Morgan fingerprint density at radius 3 is 2.67 bits per heavy atom. The van der Waals surface area contributed by atoms with E-state index in [0.717, 1.165) is 45.0 Å². The van der Waals surface area contributed by atoms with Crippen molar-refractivity contribution in [2.75, 3.05) is 42.7 Å². The number of nitrogens with two attached hydrogens (primary N) is 2. The predicted octanol–water partition coefficient (Wildman–Crippen LogP) is 1.25. The Kier molecular flexibility index (Phi) is 2.78. The van der Waals surface area contributed by atoms with Crippen LogP contribution in [0.2, 0.25) is 0 Å². The fraction of sp³-hybridized carbons (Fsp3) is 0.615. The second kappa shape index (κ2) is 4.31. The Balaban J connectivity index is 1.76. The normalized spacial score (nSPS) is 22.6. The van der Waals surface area contributed by atoms with E-state index < -0.39 is 0 Å². The molecule has 1 spiro atoms. The lowest BCUT2D eigenvalue weighted by molar-refractivity contribution is 0.0254. The van der Waals surface area contributed by atoms with Crippen LogP contribution in [0.4, 0.5) is 17.3 Å². The minimum absolute atomic E-state index is 0.427. The van der Waals surface area contributed by atoms with Crippen LogP contribution >= 0.6 is 0 Å². The summed E-state index contributed by atoms with van der Waals surface area (Å²) in [7, 11) is 0. The number of ether oxygens (including phenoxy) is 1. The van der Waals surface area contributed by atoms with E-state index in [-0.39, 0.29) is 0 Å². The SMILES string of the molecule is Nc1ccc(N2CCC3(CCOCC3)C2)nc1N. The molecule has 2 aliphatic heterocycles. The van der Waals surface area contributed by atoms with E-state index in [9.17, 15) is 0 Å².